The number of nitrogens with zero attached hydrogens (tertiary/aromatic N) is 1. The summed E-state index contributed by atoms with van der Waals surface area (Å²) in [5.74, 6) is -0.140. The van der Waals surface area contributed by atoms with E-state index in [2.05, 4.69) is 17.2 Å². The molecule has 1 aromatic rings. The van der Waals surface area contributed by atoms with E-state index in [1.807, 2.05) is 12.3 Å². The van der Waals surface area contributed by atoms with Gasteiger partial charge in [-0.3, -0.25) is 4.79 Å². The molecular formula is C11H20ClN3OS. The van der Waals surface area contributed by atoms with Gasteiger partial charge in [0.25, 0.3) is 0 Å². The standard InChI is InChI=1S/C11H19N3OS.ClH/c1-3-5-8-7-16-11(13-8)14-10(15)9(12)6-4-2;/h7,9H,3-6,12H2,1-2H3,(H,13,14,15);1H. The Morgan fingerprint density at radius 2 is 2.24 bits per heavy atom. The average Bonchev–Trinajstić information content (AvgIpc) is 2.66. The fourth-order valence-electron chi connectivity index (χ4n) is 1.38. The Bertz CT molecular complexity index is 343. The molecule has 6 heteroatoms. The quantitative estimate of drug-likeness (QED) is 0.840. The Morgan fingerprint density at radius 1 is 1.53 bits per heavy atom. The largest absolute Gasteiger partial charge is 0.320 e. The van der Waals surface area contributed by atoms with Crippen LogP contribution >= 0.6 is 23.7 Å². The Morgan fingerprint density at radius 3 is 2.82 bits per heavy atom. The topological polar surface area (TPSA) is 68.0 Å². The van der Waals surface area contributed by atoms with Crippen LogP contribution in [0.3, 0.4) is 0 Å². The maximum atomic E-state index is 11.6. The predicted octanol–water partition coefficient (Wildman–Crippen LogP) is 2.58. The van der Waals surface area contributed by atoms with E-state index in [1.165, 1.54) is 11.3 Å². The van der Waals surface area contributed by atoms with Crippen LogP contribution in [0.2, 0.25) is 0 Å². The van der Waals surface area contributed by atoms with Crippen LogP contribution in [0.25, 0.3) is 0 Å². The smallest absolute Gasteiger partial charge is 0.243 e. The number of carbonyl (C=O) groups is 1. The summed E-state index contributed by atoms with van der Waals surface area (Å²) >= 11 is 1.45. The van der Waals surface area contributed by atoms with Crippen molar-refractivity contribution in [1.29, 1.82) is 0 Å². The van der Waals surface area contributed by atoms with Crippen molar-refractivity contribution in [3.05, 3.63) is 11.1 Å². The lowest BCUT2D eigenvalue weighted by atomic mass is 10.2. The molecule has 0 aliphatic heterocycles. The van der Waals surface area contributed by atoms with Gasteiger partial charge in [0.1, 0.15) is 0 Å². The maximum absolute atomic E-state index is 11.6. The molecule has 0 spiro atoms. The lowest BCUT2D eigenvalue weighted by Gasteiger charge is -2.08. The average molecular weight is 278 g/mol. The first-order valence-electron chi connectivity index (χ1n) is 5.68. The molecule has 0 saturated carbocycles. The van der Waals surface area contributed by atoms with E-state index in [0.717, 1.165) is 25.0 Å². The predicted molar refractivity (Wildman–Crippen MR) is 74.9 cm³/mol. The van der Waals surface area contributed by atoms with Gasteiger partial charge < -0.3 is 11.1 Å². The minimum Gasteiger partial charge on any atom is -0.320 e. The van der Waals surface area contributed by atoms with Gasteiger partial charge in [0, 0.05) is 5.38 Å². The number of nitrogens with one attached hydrogen (secondary N) is 1. The van der Waals surface area contributed by atoms with Gasteiger partial charge in [-0.2, -0.15) is 0 Å². The van der Waals surface area contributed by atoms with Gasteiger partial charge in [0.15, 0.2) is 5.13 Å². The number of carbonyl (C=O) groups excluding carboxylic acids is 1. The molecule has 1 atom stereocenters. The normalized spacial score (nSPS) is 11.7. The summed E-state index contributed by atoms with van der Waals surface area (Å²) in [4.78, 5) is 15.9. The fraction of sp³-hybridized carbons (Fsp3) is 0.636. The van der Waals surface area contributed by atoms with E-state index in [-0.39, 0.29) is 18.3 Å². The number of aryl methyl sites for hydroxylation is 1. The summed E-state index contributed by atoms with van der Waals surface area (Å²) in [7, 11) is 0. The van der Waals surface area contributed by atoms with Gasteiger partial charge >= 0.3 is 0 Å². The van der Waals surface area contributed by atoms with E-state index < -0.39 is 6.04 Å². The molecular weight excluding hydrogens is 258 g/mol. The third-order valence-corrected chi connectivity index (χ3v) is 3.03. The van der Waals surface area contributed by atoms with Crippen LogP contribution < -0.4 is 11.1 Å². The van der Waals surface area contributed by atoms with Crippen LogP contribution in [0.1, 0.15) is 38.8 Å². The minimum atomic E-state index is -0.427. The summed E-state index contributed by atoms with van der Waals surface area (Å²) in [6, 6.07) is -0.427. The molecule has 98 valence electrons. The van der Waals surface area contributed by atoms with Crippen LogP contribution in [-0.4, -0.2) is 16.9 Å². The molecule has 0 aromatic carbocycles. The zero-order valence-electron chi connectivity index (χ0n) is 10.2. The summed E-state index contributed by atoms with van der Waals surface area (Å²) in [5, 5.41) is 5.38. The van der Waals surface area contributed by atoms with Crippen molar-refractivity contribution in [2.75, 3.05) is 5.32 Å². The van der Waals surface area contributed by atoms with E-state index in [4.69, 9.17) is 5.73 Å². The van der Waals surface area contributed by atoms with E-state index in [1.54, 1.807) is 0 Å². The monoisotopic (exact) mass is 277 g/mol. The van der Waals surface area contributed by atoms with Gasteiger partial charge in [0.2, 0.25) is 5.91 Å². The molecule has 1 unspecified atom stereocenters. The van der Waals surface area contributed by atoms with Gasteiger partial charge in [-0.1, -0.05) is 26.7 Å². The number of thiazole rings is 1. The number of anilines is 1. The molecule has 3 N–H and O–H groups in total. The number of amides is 1. The lowest BCUT2D eigenvalue weighted by molar-refractivity contribution is -0.117. The molecule has 0 saturated heterocycles. The second-order valence-electron chi connectivity index (χ2n) is 3.78. The highest BCUT2D eigenvalue weighted by Gasteiger charge is 2.13. The molecule has 17 heavy (non-hydrogen) atoms. The van der Waals surface area contributed by atoms with Crippen molar-refractivity contribution >= 4 is 34.8 Å². The van der Waals surface area contributed by atoms with Crippen LogP contribution in [0.4, 0.5) is 5.13 Å². The Balaban J connectivity index is 0.00000256. The van der Waals surface area contributed by atoms with Crippen molar-refractivity contribution < 1.29 is 4.79 Å². The van der Waals surface area contributed by atoms with Crippen molar-refractivity contribution in [3.8, 4) is 0 Å². The third-order valence-electron chi connectivity index (χ3n) is 2.22. The lowest BCUT2D eigenvalue weighted by Crippen LogP contribution is -2.35. The van der Waals surface area contributed by atoms with E-state index >= 15 is 0 Å². The molecule has 1 rings (SSSR count). The first-order valence-corrected chi connectivity index (χ1v) is 6.56. The highest BCUT2D eigenvalue weighted by molar-refractivity contribution is 7.13. The highest BCUT2D eigenvalue weighted by atomic mass is 35.5. The summed E-state index contributed by atoms with van der Waals surface area (Å²) in [6.07, 6.45) is 3.63. The van der Waals surface area contributed by atoms with Crippen LogP contribution in [-0.2, 0) is 11.2 Å². The zero-order valence-corrected chi connectivity index (χ0v) is 11.9. The van der Waals surface area contributed by atoms with Gasteiger partial charge in [-0.05, 0) is 12.8 Å². The molecule has 1 heterocycles. The number of nitrogens with two attached hydrogens (primary N) is 1. The third kappa shape index (κ3) is 5.48. The molecule has 1 aromatic heterocycles. The molecule has 0 aliphatic rings. The highest BCUT2D eigenvalue weighted by Crippen LogP contribution is 2.16. The number of halogens is 1. The van der Waals surface area contributed by atoms with Gasteiger partial charge in [-0.15, -0.1) is 23.7 Å². The molecule has 4 nitrogen and oxygen atoms in total. The van der Waals surface area contributed by atoms with Crippen LogP contribution in [0.15, 0.2) is 5.38 Å². The number of rotatable bonds is 6. The Hall–Kier alpha value is -0.650. The molecule has 0 aliphatic carbocycles. The Labute approximate surface area is 112 Å². The first kappa shape index (κ1) is 16.4. The molecule has 1 amide bonds. The zero-order chi connectivity index (χ0) is 12.0. The summed E-state index contributed by atoms with van der Waals surface area (Å²) < 4.78 is 0. The summed E-state index contributed by atoms with van der Waals surface area (Å²) in [5.41, 5.74) is 6.74. The van der Waals surface area contributed by atoms with Crippen LogP contribution in [0, 0.1) is 0 Å². The van der Waals surface area contributed by atoms with Crippen LogP contribution in [0.5, 0.6) is 0 Å². The number of hydrogen-bond donors (Lipinski definition) is 2. The Kier molecular flexibility index (Phi) is 8.12. The number of hydrogen-bond acceptors (Lipinski definition) is 4. The SMILES string of the molecule is CCCc1csc(NC(=O)C(N)CCC)n1.Cl. The van der Waals surface area contributed by atoms with Gasteiger partial charge in [0.05, 0.1) is 11.7 Å². The van der Waals surface area contributed by atoms with Crippen molar-refractivity contribution in [2.24, 2.45) is 5.73 Å². The van der Waals surface area contributed by atoms with Crippen molar-refractivity contribution in [3.63, 3.8) is 0 Å². The molecule has 0 fully saturated rings. The van der Waals surface area contributed by atoms with Crippen molar-refractivity contribution in [1.82, 2.24) is 4.98 Å². The second kappa shape index (κ2) is 8.44. The maximum Gasteiger partial charge on any atom is 0.243 e. The van der Waals surface area contributed by atoms with E-state index in [0.29, 0.717) is 11.6 Å². The molecule has 0 bridgehead atoms. The van der Waals surface area contributed by atoms with Crippen molar-refractivity contribution in [2.45, 2.75) is 45.6 Å². The van der Waals surface area contributed by atoms with Gasteiger partial charge in [-0.25, -0.2) is 4.98 Å². The second-order valence-corrected chi connectivity index (χ2v) is 4.64. The van der Waals surface area contributed by atoms with E-state index in [9.17, 15) is 4.79 Å². The summed E-state index contributed by atoms with van der Waals surface area (Å²) in [6.45, 7) is 4.12. The first-order chi connectivity index (χ1) is 7.67. The minimum absolute atomic E-state index is 0. The number of aromatic nitrogens is 1. The fourth-order valence-corrected chi connectivity index (χ4v) is 2.12. The molecule has 0 radical (unpaired) electrons.